The van der Waals surface area contributed by atoms with Crippen LogP contribution in [0.4, 0.5) is 0 Å². The van der Waals surface area contributed by atoms with Gasteiger partial charge in [-0.1, -0.05) is 42.3 Å². The fraction of sp³-hybridized carbons (Fsp3) is 0.455. The summed E-state index contributed by atoms with van der Waals surface area (Å²) in [4.78, 5) is 2.55. The second-order valence-electron chi connectivity index (χ2n) is 7.07. The van der Waals surface area contributed by atoms with E-state index < -0.39 is 0 Å². The van der Waals surface area contributed by atoms with E-state index in [1.54, 1.807) is 13.2 Å². The lowest BCUT2D eigenvalue weighted by atomic mass is 10.1. The Kier molecular flexibility index (Phi) is 7.86. The first kappa shape index (κ1) is 21.3. The van der Waals surface area contributed by atoms with Gasteiger partial charge in [-0.15, -0.1) is 0 Å². The van der Waals surface area contributed by atoms with Crippen LogP contribution in [0.5, 0.6) is 11.5 Å². The SMILES string of the molecule is CCN1CCC[C@H]1CNCc1ccc(OCc2ccc(Cl)cc2Cl)c(OC)c1. The minimum atomic E-state index is 0.360. The molecule has 152 valence electrons. The normalized spacial score (nSPS) is 17.1. The van der Waals surface area contributed by atoms with Gasteiger partial charge in [-0.05, 0) is 55.8 Å². The molecule has 4 nitrogen and oxygen atoms in total. The number of nitrogens with zero attached hydrogens (tertiary/aromatic N) is 1. The number of benzene rings is 2. The Morgan fingerprint density at radius 1 is 1.14 bits per heavy atom. The second-order valence-corrected chi connectivity index (χ2v) is 7.91. The highest BCUT2D eigenvalue weighted by molar-refractivity contribution is 6.35. The van der Waals surface area contributed by atoms with E-state index in [9.17, 15) is 0 Å². The lowest BCUT2D eigenvalue weighted by Gasteiger charge is -2.23. The first-order valence-corrected chi connectivity index (χ1v) is 10.5. The number of likely N-dealkylation sites (tertiary alicyclic amines) is 1. The molecule has 2 aromatic rings. The van der Waals surface area contributed by atoms with Crippen LogP contribution in [0.15, 0.2) is 36.4 Å². The van der Waals surface area contributed by atoms with E-state index >= 15 is 0 Å². The largest absolute Gasteiger partial charge is 0.493 e. The van der Waals surface area contributed by atoms with Crippen molar-refractivity contribution in [1.29, 1.82) is 0 Å². The van der Waals surface area contributed by atoms with Gasteiger partial charge in [0.25, 0.3) is 0 Å². The predicted molar refractivity (Wildman–Crippen MR) is 116 cm³/mol. The van der Waals surface area contributed by atoms with Crippen molar-refractivity contribution in [2.45, 2.75) is 39.0 Å². The van der Waals surface area contributed by atoms with Crippen molar-refractivity contribution in [2.75, 3.05) is 26.7 Å². The number of hydrogen-bond acceptors (Lipinski definition) is 4. The summed E-state index contributed by atoms with van der Waals surface area (Å²) in [5.74, 6) is 1.42. The first-order chi connectivity index (χ1) is 13.6. The zero-order valence-electron chi connectivity index (χ0n) is 16.5. The molecule has 28 heavy (non-hydrogen) atoms. The molecule has 0 aliphatic carbocycles. The number of halogens is 2. The summed E-state index contributed by atoms with van der Waals surface area (Å²) in [7, 11) is 1.66. The van der Waals surface area contributed by atoms with Crippen LogP contribution in [0.3, 0.4) is 0 Å². The minimum Gasteiger partial charge on any atom is -0.493 e. The maximum absolute atomic E-state index is 6.22. The fourth-order valence-corrected chi connectivity index (χ4v) is 4.12. The molecule has 0 radical (unpaired) electrons. The molecule has 1 saturated heterocycles. The van der Waals surface area contributed by atoms with Crippen molar-refractivity contribution < 1.29 is 9.47 Å². The minimum absolute atomic E-state index is 0.360. The highest BCUT2D eigenvalue weighted by atomic mass is 35.5. The van der Waals surface area contributed by atoms with Gasteiger partial charge in [0.2, 0.25) is 0 Å². The van der Waals surface area contributed by atoms with E-state index in [1.165, 1.54) is 24.9 Å². The van der Waals surface area contributed by atoms with Gasteiger partial charge in [-0.2, -0.15) is 0 Å². The van der Waals surface area contributed by atoms with Crippen LogP contribution >= 0.6 is 23.2 Å². The average molecular weight is 423 g/mol. The molecule has 0 aromatic heterocycles. The molecule has 1 N–H and O–H groups in total. The maximum atomic E-state index is 6.22. The molecule has 0 amide bonds. The lowest BCUT2D eigenvalue weighted by Crippen LogP contribution is -2.37. The summed E-state index contributed by atoms with van der Waals surface area (Å²) < 4.78 is 11.4. The van der Waals surface area contributed by atoms with Crippen LogP contribution in [-0.4, -0.2) is 37.7 Å². The molecule has 0 saturated carbocycles. The molecule has 1 heterocycles. The van der Waals surface area contributed by atoms with E-state index in [4.69, 9.17) is 32.7 Å². The first-order valence-electron chi connectivity index (χ1n) is 9.79. The summed E-state index contributed by atoms with van der Waals surface area (Å²) in [6.45, 7) is 6.78. The molecule has 1 aliphatic heterocycles. The van der Waals surface area contributed by atoms with Crippen molar-refractivity contribution in [2.24, 2.45) is 0 Å². The highest BCUT2D eigenvalue weighted by Crippen LogP contribution is 2.30. The Labute approximate surface area is 177 Å². The van der Waals surface area contributed by atoms with Crippen LogP contribution in [-0.2, 0) is 13.2 Å². The summed E-state index contributed by atoms with van der Waals surface area (Å²) in [6.07, 6.45) is 2.59. The second kappa shape index (κ2) is 10.4. The highest BCUT2D eigenvalue weighted by Gasteiger charge is 2.22. The summed E-state index contributed by atoms with van der Waals surface area (Å²) in [5, 5.41) is 4.79. The van der Waals surface area contributed by atoms with Crippen molar-refractivity contribution in [1.82, 2.24) is 10.2 Å². The number of hydrogen-bond donors (Lipinski definition) is 1. The summed E-state index contributed by atoms with van der Waals surface area (Å²) >= 11 is 12.2. The Bertz CT molecular complexity index is 785. The van der Waals surface area contributed by atoms with Crippen molar-refractivity contribution in [3.05, 3.63) is 57.6 Å². The molecule has 2 aromatic carbocycles. The Morgan fingerprint density at radius 3 is 2.75 bits per heavy atom. The van der Waals surface area contributed by atoms with E-state index in [0.29, 0.717) is 28.4 Å². The average Bonchev–Trinajstić information content (AvgIpc) is 3.15. The van der Waals surface area contributed by atoms with Crippen LogP contribution in [0.2, 0.25) is 10.0 Å². The van der Waals surface area contributed by atoms with Gasteiger partial charge in [-0.3, -0.25) is 4.90 Å². The van der Waals surface area contributed by atoms with Crippen molar-refractivity contribution >= 4 is 23.2 Å². The zero-order valence-corrected chi connectivity index (χ0v) is 18.0. The van der Waals surface area contributed by atoms with Crippen LogP contribution in [0.25, 0.3) is 0 Å². The molecule has 0 spiro atoms. The number of methoxy groups -OCH3 is 1. The van der Waals surface area contributed by atoms with Gasteiger partial charge >= 0.3 is 0 Å². The van der Waals surface area contributed by atoms with E-state index in [-0.39, 0.29) is 0 Å². The summed E-state index contributed by atoms with van der Waals surface area (Å²) in [6, 6.07) is 12.1. The molecule has 1 aliphatic rings. The third-order valence-electron chi connectivity index (χ3n) is 5.24. The molecular formula is C22H28Cl2N2O2. The van der Waals surface area contributed by atoms with Gasteiger partial charge in [0.1, 0.15) is 6.61 Å². The van der Waals surface area contributed by atoms with Gasteiger partial charge in [-0.25, -0.2) is 0 Å². The van der Waals surface area contributed by atoms with Crippen molar-refractivity contribution in [3.8, 4) is 11.5 Å². The third-order valence-corrected chi connectivity index (χ3v) is 5.83. The monoisotopic (exact) mass is 422 g/mol. The Balaban J connectivity index is 1.55. The lowest BCUT2D eigenvalue weighted by molar-refractivity contribution is 0.260. The van der Waals surface area contributed by atoms with E-state index in [2.05, 4.69) is 23.2 Å². The van der Waals surface area contributed by atoms with Crippen LogP contribution < -0.4 is 14.8 Å². The number of rotatable bonds is 9. The van der Waals surface area contributed by atoms with Gasteiger partial charge in [0.15, 0.2) is 11.5 Å². The predicted octanol–water partition coefficient (Wildman–Crippen LogP) is 5.15. The Hall–Kier alpha value is -1.46. The molecule has 1 atom stereocenters. The zero-order chi connectivity index (χ0) is 19.9. The Morgan fingerprint density at radius 2 is 2.00 bits per heavy atom. The van der Waals surface area contributed by atoms with Crippen LogP contribution in [0, 0.1) is 0 Å². The van der Waals surface area contributed by atoms with E-state index in [1.807, 2.05) is 24.3 Å². The van der Waals surface area contributed by atoms with Gasteiger partial charge in [0, 0.05) is 34.7 Å². The van der Waals surface area contributed by atoms with Crippen LogP contribution in [0.1, 0.15) is 30.9 Å². The molecule has 3 rings (SSSR count). The molecule has 0 bridgehead atoms. The third kappa shape index (κ3) is 5.54. The topological polar surface area (TPSA) is 33.7 Å². The fourth-order valence-electron chi connectivity index (χ4n) is 3.66. The summed E-state index contributed by atoms with van der Waals surface area (Å²) in [5.41, 5.74) is 2.06. The smallest absolute Gasteiger partial charge is 0.161 e. The molecule has 1 fully saturated rings. The number of likely N-dealkylation sites (N-methyl/N-ethyl adjacent to an activating group) is 1. The number of nitrogens with one attached hydrogen (secondary N) is 1. The standard InChI is InChI=1S/C22H28Cl2N2O2/c1-3-26-10-4-5-19(26)14-25-13-16-6-9-21(22(11-16)27-2)28-15-17-7-8-18(23)12-20(17)24/h6-9,11-12,19,25H,3-5,10,13-15H2,1-2H3/t19-/m0/s1. The van der Waals surface area contributed by atoms with Gasteiger partial charge in [0.05, 0.1) is 7.11 Å². The quantitative estimate of drug-likeness (QED) is 0.605. The number of ether oxygens (including phenoxy) is 2. The van der Waals surface area contributed by atoms with Crippen molar-refractivity contribution in [3.63, 3.8) is 0 Å². The molecule has 6 heteroatoms. The van der Waals surface area contributed by atoms with E-state index in [0.717, 1.165) is 30.9 Å². The molecular weight excluding hydrogens is 395 g/mol. The molecule has 0 unspecified atom stereocenters. The maximum Gasteiger partial charge on any atom is 0.161 e. The van der Waals surface area contributed by atoms with Gasteiger partial charge < -0.3 is 14.8 Å².